The van der Waals surface area contributed by atoms with E-state index >= 15 is 0 Å². The van der Waals surface area contributed by atoms with Crippen molar-refractivity contribution < 1.29 is 0 Å². The zero-order chi connectivity index (χ0) is 17.9. The first-order valence-corrected chi connectivity index (χ1v) is 9.33. The number of hydrogen-bond acceptors (Lipinski definition) is 4. The van der Waals surface area contributed by atoms with Crippen molar-refractivity contribution in [3.05, 3.63) is 54.9 Å². The van der Waals surface area contributed by atoms with Crippen molar-refractivity contribution in [1.82, 2.24) is 19.5 Å². The smallest absolute Gasteiger partial charge is 0.154 e. The Kier molecular flexibility index (Phi) is 4.71. The highest BCUT2D eigenvalue weighted by Gasteiger charge is 2.17. The summed E-state index contributed by atoms with van der Waals surface area (Å²) in [6.07, 6.45) is 4.88. The molecule has 0 radical (unpaired) electrons. The third-order valence-electron chi connectivity index (χ3n) is 5.01. The Morgan fingerprint density at radius 3 is 2.73 bits per heavy atom. The molecule has 5 nitrogen and oxygen atoms in total. The maximum atomic E-state index is 4.62. The van der Waals surface area contributed by atoms with Crippen molar-refractivity contribution in [1.29, 1.82) is 0 Å². The lowest BCUT2D eigenvalue weighted by molar-refractivity contribution is 0.258. The lowest BCUT2D eigenvalue weighted by Crippen LogP contribution is -2.46. The van der Waals surface area contributed by atoms with Gasteiger partial charge in [-0.3, -0.25) is 4.90 Å². The van der Waals surface area contributed by atoms with E-state index in [9.17, 15) is 0 Å². The maximum Gasteiger partial charge on any atom is 0.154 e. The fraction of sp³-hybridized carbons (Fsp3) is 0.333. The molecule has 5 heteroatoms. The van der Waals surface area contributed by atoms with E-state index in [1.165, 1.54) is 18.7 Å². The number of rotatable bonds is 5. The molecule has 4 rings (SSSR count). The van der Waals surface area contributed by atoms with Crippen molar-refractivity contribution in [3.8, 4) is 11.3 Å². The van der Waals surface area contributed by atoms with Crippen LogP contribution in [0.3, 0.4) is 0 Å². The van der Waals surface area contributed by atoms with Gasteiger partial charge in [-0.25, -0.2) is 9.50 Å². The highest BCUT2D eigenvalue weighted by Crippen LogP contribution is 2.26. The van der Waals surface area contributed by atoms with Gasteiger partial charge < -0.3 is 4.90 Å². The Labute approximate surface area is 154 Å². The van der Waals surface area contributed by atoms with Gasteiger partial charge in [-0.15, -0.1) is 0 Å². The van der Waals surface area contributed by atoms with Gasteiger partial charge in [-0.2, -0.15) is 5.10 Å². The number of aromatic nitrogens is 3. The van der Waals surface area contributed by atoms with E-state index in [1.807, 2.05) is 22.8 Å². The van der Waals surface area contributed by atoms with Gasteiger partial charge in [0.2, 0.25) is 0 Å². The van der Waals surface area contributed by atoms with Crippen LogP contribution >= 0.6 is 0 Å². The summed E-state index contributed by atoms with van der Waals surface area (Å²) in [6.45, 7) is 11.7. The SMILES string of the molecule is C=Cc1ccc2ncc(-c3cccc(N4CCN(CCC)CC4)c3)n2n1. The minimum Gasteiger partial charge on any atom is -0.369 e. The molecule has 0 N–H and O–H groups in total. The van der Waals surface area contributed by atoms with Crippen LogP contribution < -0.4 is 4.90 Å². The van der Waals surface area contributed by atoms with Crippen LogP contribution in [0.1, 0.15) is 19.0 Å². The lowest BCUT2D eigenvalue weighted by atomic mass is 10.1. The van der Waals surface area contributed by atoms with Crippen molar-refractivity contribution >= 4 is 17.4 Å². The van der Waals surface area contributed by atoms with Gasteiger partial charge in [-0.05, 0) is 43.3 Å². The highest BCUT2D eigenvalue weighted by molar-refractivity contribution is 5.68. The fourth-order valence-electron chi connectivity index (χ4n) is 3.60. The zero-order valence-corrected chi connectivity index (χ0v) is 15.3. The summed E-state index contributed by atoms with van der Waals surface area (Å²) in [5.41, 5.74) is 5.12. The number of hydrogen-bond donors (Lipinski definition) is 0. The summed E-state index contributed by atoms with van der Waals surface area (Å²) in [4.78, 5) is 9.51. The first-order chi connectivity index (χ1) is 12.8. The van der Waals surface area contributed by atoms with Gasteiger partial charge >= 0.3 is 0 Å². The summed E-state index contributed by atoms with van der Waals surface area (Å²) in [5.74, 6) is 0. The first kappa shape index (κ1) is 16.8. The molecule has 3 aromatic rings. The van der Waals surface area contributed by atoms with E-state index in [4.69, 9.17) is 0 Å². The topological polar surface area (TPSA) is 36.7 Å². The van der Waals surface area contributed by atoms with Crippen molar-refractivity contribution in [3.63, 3.8) is 0 Å². The second-order valence-corrected chi connectivity index (χ2v) is 6.75. The minimum atomic E-state index is 0.847. The standard InChI is InChI=1S/C21H25N5/c1-3-10-24-11-13-25(14-12-24)19-7-5-6-17(15-19)20-16-22-21-9-8-18(4-2)23-26(20)21/h4-9,15-16H,2-3,10-14H2,1H3. The van der Waals surface area contributed by atoms with Crippen molar-refractivity contribution in [2.75, 3.05) is 37.6 Å². The Morgan fingerprint density at radius 2 is 1.96 bits per heavy atom. The molecule has 1 aliphatic rings. The summed E-state index contributed by atoms with van der Waals surface area (Å²) in [7, 11) is 0. The van der Waals surface area contributed by atoms with Gasteiger partial charge in [0, 0.05) is 37.4 Å². The van der Waals surface area contributed by atoms with E-state index in [0.717, 1.165) is 48.8 Å². The van der Waals surface area contributed by atoms with Gasteiger partial charge in [-0.1, -0.05) is 25.6 Å². The lowest BCUT2D eigenvalue weighted by Gasteiger charge is -2.36. The summed E-state index contributed by atoms with van der Waals surface area (Å²) in [5, 5.41) is 4.62. The summed E-state index contributed by atoms with van der Waals surface area (Å²) >= 11 is 0. The third kappa shape index (κ3) is 3.22. The Bertz CT molecular complexity index is 906. The number of piperazine rings is 1. The molecular weight excluding hydrogens is 322 g/mol. The Morgan fingerprint density at radius 1 is 1.12 bits per heavy atom. The fourth-order valence-corrected chi connectivity index (χ4v) is 3.60. The van der Waals surface area contributed by atoms with Crippen molar-refractivity contribution in [2.24, 2.45) is 0 Å². The average molecular weight is 347 g/mol. The van der Waals surface area contributed by atoms with E-state index in [0.29, 0.717) is 0 Å². The second-order valence-electron chi connectivity index (χ2n) is 6.75. The van der Waals surface area contributed by atoms with Gasteiger partial charge in [0.15, 0.2) is 5.65 Å². The first-order valence-electron chi connectivity index (χ1n) is 9.33. The van der Waals surface area contributed by atoms with Crippen LogP contribution in [0.15, 0.2) is 49.2 Å². The molecule has 0 bridgehead atoms. The third-order valence-corrected chi connectivity index (χ3v) is 5.01. The number of nitrogens with zero attached hydrogens (tertiary/aromatic N) is 5. The van der Waals surface area contributed by atoms with Gasteiger partial charge in [0.05, 0.1) is 17.6 Å². The van der Waals surface area contributed by atoms with E-state index in [2.05, 4.69) is 57.7 Å². The highest BCUT2D eigenvalue weighted by atomic mass is 15.3. The van der Waals surface area contributed by atoms with Crippen LogP contribution in [0, 0.1) is 0 Å². The molecule has 1 fully saturated rings. The number of imidazole rings is 1. The molecule has 0 aliphatic carbocycles. The quantitative estimate of drug-likeness (QED) is 0.707. The minimum absolute atomic E-state index is 0.847. The molecule has 0 amide bonds. The monoisotopic (exact) mass is 347 g/mol. The predicted octanol–water partition coefficient (Wildman–Crippen LogP) is 3.57. The van der Waals surface area contributed by atoms with E-state index < -0.39 is 0 Å². The molecule has 0 saturated carbocycles. The molecule has 1 aliphatic heterocycles. The van der Waals surface area contributed by atoms with Crippen LogP contribution in [0.5, 0.6) is 0 Å². The molecule has 26 heavy (non-hydrogen) atoms. The molecule has 0 spiro atoms. The average Bonchev–Trinajstić information content (AvgIpc) is 3.12. The van der Waals surface area contributed by atoms with Crippen LogP contribution in [0.2, 0.25) is 0 Å². The molecule has 1 saturated heterocycles. The molecule has 134 valence electrons. The Balaban J connectivity index is 1.61. The van der Waals surface area contributed by atoms with Gasteiger partial charge in [0.25, 0.3) is 0 Å². The van der Waals surface area contributed by atoms with Crippen LogP contribution in [0.25, 0.3) is 23.0 Å². The summed E-state index contributed by atoms with van der Waals surface area (Å²) in [6, 6.07) is 12.6. The van der Waals surface area contributed by atoms with Crippen LogP contribution in [-0.2, 0) is 0 Å². The largest absolute Gasteiger partial charge is 0.369 e. The number of anilines is 1. The normalized spacial score (nSPS) is 15.5. The number of fused-ring (bicyclic) bond motifs is 1. The van der Waals surface area contributed by atoms with Gasteiger partial charge in [0.1, 0.15) is 0 Å². The zero-order valence-electron chi connectivity index (χ0n) is 15.3. The molecule has 2 aromatic heterocycles. The van der Waals surface area contributed by atoms with Crippen LogP contribution in [0.4, 0.5) is 5.69 Å². The Hall–Kier alpha value is -2.66. The van der Waals surface area contributed by atoms with Crippen LogP contribution in [-0.4, -0.2) is 52.2 Å². The summed E-state index contributed by atoms with van der Waals surface area (Å²) < 4.78 is 1.90. The predicted molar refractivity (Wildman–Crippen MR) is 107 cm³/mol. The molecule has 0 unspecified atom stereocenters. The number of benzene rings is 1. The molecule has 0 atom stereocenters. The van der Waals surface area contributed by atoms with E-state index in [-0.39, 0.29) is 0 Å². The molecule has 3 heterocycles. The second kappa shape index (κ2) is 7.30. The van der Waals surface area contributed by atoms with E-state index in [1.54, 1.807) is 6.08 Å². The maximum absolute atomic E-state index is 4.62. The van der Waals surface area contributed by atoms with Crippen molar-refractivity contribution in [2.45, 2.75) is 13.3 Å². The molecular formula is C21H25N5. The molecule has 1 aromatic carbocycles.